The number of likely N-dealkylation sites (tertiary alicyclic amines) is 1. The van der Waals surface area contributed by atoms with Crippen molar-refractivity contribution in [3.05, 3.63) is 35.1 Å². The van der Waals surface area contributed by atoms with E-state index in [0.29, 0.717) is 18.7 Å². The summed E-state index contributed by atoms with van der Waals surface area (Å²) in [5.41, 5.74) is -0.213. The lowest BCUT2D eigenvalue weighted by molar-refractivity contribution is 0.0939. The van der Waals surface area contributed by atoms with Gasteiger partial charge in [-0.1, -0.05) is 0 Å². The van der Waals surface area contributed by atoms with Crippen molar-refractivity contribution in [2.45, 2.75) is 25.8 Å². The highest BCUT2D eigenvalue weighted by Gasteiger charge is 2.19. The van der Waals surface area contributed by atoms with Crippen LogP contribution in [0.3, 0.4) is 0 Å². The largest absolute Gasteiger partial charge is 0.350 e. The molecule has 20 heavy (non-hydrogen) atoms. The maximum atomic E-state index is 13.0. The molecule has 0 aliphatic carbocycles. The fraction of sp³-hybridized carbons (Fsp3) is 0.500. The summed E-state index contributed by atoms with van der Waals surface area (Å²) in [4.78, 5) is 14.0. The maximum absolute atomic E-state index is 13.0. The van der Waals surface area contributed by atoms with Crippen molar-refractivity contribution >= 4 is 5.91 Å². The Labute approximate surface area is 115 Å². The van der Waals surface area contributed by atoms with Crippen molar-refractivity contribution in [2.75, 3.05) is 19.6 Å². The predicted octanol–water partition coefficient (Wildman–Crippen LogP) is 2.32. The molecule has 0 bridgehead atoms. The molecule has 6 heteroatoms. The summed E-state index contributed by atoms with van der Waals surface area (Å²) in [6.45, 7) is 4.37. The van der Waals surface area contributed by atoms with Crippen LogP contribution in [0.25, 0.3) is 0 Å². The van der Waals surface area contributed by atoms with E-state index >= 15 is 0 Å². The second kappa shape index (κ2) is 6.26. The van der Waals surface area contributed by atoms with Gasteiger partial charge in [0.05, 0.1) is 0 Å². The third-order valence-corrected chi connectivity index (χ3v) is 3.57. The molecule has 1 aliphatic heterocycles. The molecule has 1 aromatic carbocycles. The first-order valence-electron chi connectivity index (χ1n) is 6.66. The Hall–Kier alpha value is -1.56. The monoisotopic (exact) mass is 286 g/mol. The van der Waals surface area contributed by atoms with Gasteiger partial charge in [0.2, 0.25) is 0 Å². The van der Waals surface area contributed by atoms with Crippen molar-refractivity contribution < 1.29 is 18.0 Å². The molecule has 1 fully saturated rings. The van der Waals surface area contributed by atoms with Crippen molar-refractivity contribution in [2.24, 2.45) is 0 Å². The number of benzene rings is 1. The third kappa shape index (κ3) is 3.30. The average Bonchev–Trinajstić information content (AvgIpc) is 2.95. The maximum Gasteiger partial charge on any atom is 0.251 e. The van der Waals surface area contributed by atoms with Crippen LogP contribution in [0.15, 0.2) is 12.1 Å². The Morgan fingerprint density at radius 2 is 1.80 bits per heavy atom. The van der Waals surface area contributed by atoms with Crippen LogP contribution in [0.5, 0.6) is 0 Å². The smallest absolute Gasteiger partial charge is 0.251 e. The van der Waals surface area contributed by atoms with E-state index in [-0.39, 0.29) is 11.6 Å². The van der Waals surface area contributed by atoms with Gasteiger partial charge in [-0.15, -0.1) is 0 Å². The number of hydrogen-bond acceptors (Lipinski definition) is 2. The first-order valence-corrected chi connectivity index (χ1v) is 6.66. The molecule has 1 amide bonds. The summed E-state index contributed by atoms with van der Waals surface area (Å²) in [5.74, 6) is -4.88. The zero-order valence-electron chi connectivity index (χ0n) is 11.3. The molecule has 1 atom stereocenters. The lowest BCUT2D eigenvalue weighted by Crippen LogP contribution is -2.40. The number of carbonyl (C=O) groups excluding carboxylic acids is 1. The number of carbonyl (C=O) groups is 1. The number of nitrogens with zero attached hydrogens (tertiary/aromatic N) is 1. The normalized spacial score (nSPS) is 17.2. The molecule has 1 aromatic rings. The summed E-state index contributed by atoms with van der Waals surface area (Å²) in [6.07, 6.45) is 2.29. The van der Waals surface area contributed by atoms with Gasteiger partial charge in [-0.2, -0.15) is 0 Å². The molecular formula is C14H17F3N2O. The van der Waals surface area contributed by atoms with Gasteiger partial charge in [-0.25, -0.2) is 13.2 Å². The zero-order chi connectivity index (χ0) is 14.7. The Bertz CT molecular complexity index is 478. The first-order chi connectivity index (χ1) is 9.49. The Morgan fingerprint density at radius 1 is 1.25 bits per heavy atom. The van der Waals surface area contributed by atoms with Gasteiger partial charge in [0.15, 0.2) is 17.5 Å². The van der Waals surface area contributed by atoms with Gasteiger partial charge in [-0.3, -0.25) is 9.69 Å². The predicted molar refractivity (Wildman–Crippen MR) is 68.9 cm³/mol. The van der Waals surface area contributed by atoms with Gasteiger partial charge in [0.25, 0.3) is 5.91 Å². The van der Waals surface area contributed by atoms with E-state index in [2.05, 4.69) is 10.2 Å². The first kappa shape index (κ1) is 14.8. The fourth-order valence-electron chi connectivity index (χ4n) is 2.34. The molecule has 0 radical (unpaired) electrons. The highest BCUT2D eigenvalue weighted by Crippen LogP contribution is 2.14. The molecule has 3 nitrogen and oxygen atoms in total. The number of rotatable bonds is 4. The summed E-state index contributed by atoms with van der Waals surface area (Å²) in [7, 11) is 0. The minimum atomic E-state index is -1.56. The van der Waals surface area contributed by atoms with E-state index < -0.39 is 23.4 Å². The van der Waals surface area contributed by atoms with Gasteiger partial charge < -0.3 is 5.32 Å². The minimum Gasteiger partial charge on any atom is -0.350 e. The number of hydrogen-bond donors (Lipinski definition) is 1. The topological polar surface area (TPSA) is 32.3 Å². The van der Waals surface area contributed by atoms with Gasteiger partial charge in [0.1, 0.15) is 0 Å². The van der Waals surface area contributed by atoms with Crippen LogP contribution >= 0.6 is 0 Å². The van der Waals surface area contributed by atoms with Crippen LogP contribution < -0.4 is 5.32 Å². The van der Waals surface area contributed by atoms with Gasteiger partial charge >= 0.3 is 0 Å². The van der Waals surface area contributed by atoms with Crippen LogP contribution in [-0.2, 0) is 0 Å². The summed E-state index contributed by atoms with van der Waals surface area (Å²) in [6, 6.07) is 1.57. The number of halogens is 3. The van der Waals surface area contributed by atoms with Crippen molar-refractivity contribution in [1.29, 1.82) is 0 Å². The lowest BCUT2D eigenvalue weighted by Gasteiger charge is -2.23. The highest BCUT2D eigenvalue weighted by atomic mass is 19.2. The second-order valence-corrected chi connectivity index (χ2v) is 5.06. The van der Waals surface area contributed by atoms with Crippen molar-refractivity contribution in [3.8, 4) is 0 Å². The second-order valence-electron chi connectivity index (χ2n) is 5.06. The molecule has 1 aliphatic rings. The van der Waals surface area contributed by atoms with Crippen LogP contribution in [0, 0.1) is 17.5 Å². The van der Waals surface area contributed by atoms with Crippen molar-refractivity contribution in [1.82, 2.24) is 10.2 Å². The van der Waals surface area contributed by atoms with E-state index in [1.807, 2.05) is 6.92 Å². The minimum absolute atomic E-state index is 0.164. The molecule has 1 heterocycles. The molecule has 1 saturated heterocycles. The lowest BCUT2D eigenvalue weighted by atomic mass is 10.2. The summed E-state index contributed by atoms with van der Waals surface area (Å²) in [5, 5.41) is 2.61. The third-order valence-electron chi connectivity index (χ3n) is 3.57. The van der Waals surface area contributed by atoms with Crippen LogP contribution in [0.2, 0.25) is 0 Å². The van der Waals surface area contributed by atoms with Crippen molar-refractivity contribution in [3.63, 3.8) is 0 Å². The summed E-state index contributed by atoms with van der Waals surface area (Å²) < 4.78 is 38.9. The molecule has 0 spiro atoms. The Morgan fingerprint density at radius 3 is 2.35 bits per heavy atom. The fourth-order valence-corrected chi connectivity index (χ4v) is 2.34. The molecule has 110 valence electrons. The van der Waals surface area contributed by atoms with E-state index in [0.717, 1.165) is 25.9 Å². The van der Waals surface area contributed by atoms with E-state index in [1.54, 1.807) is 0 Å². The molecule has 1 unspecified atom stereocenters. The molecular weight excluding hydrogens is 269 g/mol. The Balaban J connectivity index is 1.94. The molecule has 2 rings (SSSR count). The van der Waals surface area contributed by atoms with E-state index in [4.69, 9.17) is 0 Å². The number of nitrogens with one attached hydrogen (secondary N) is 1. The standard InChI is InChI=1S/C14H17F3N2O/c1-9(19-4-2-3-5-19)8-18-14(20)10-6-11(15)13(17)12(16)7-10/h6-7,9H,2-5,8H2,1H3,(H,18,20). The molecule has 1 N–H and O–H groups in total. The van der Waals surface area contributed by atoms with Crippen LogP contribution in [-0.4, -0.2) is 36.5 Å². The zero-order valence-corrected chi connectivity index (χ0v) is 11.3. The van der Waals surface area contributed by atoms with Crippen LogP contribution in [0.1, 0.15) is 30.1 Å². The number of amides is 1. The Kier molecular flexibility index (Phi) is 4.65. The quantitative estimate of drug-likeness (QED) is 0.862. The highest BCUT2D eigenvalue weighted by molar-refractivity contribution is 5.94. The van der Waals surface area contributed by atoms with E-state index in [1.165, 1.54) is 0 Å². The molecule has 0 saturated carbocycles. The van der Waals surface area contributed by atoms with Gasteiger partial charge in [0, 0.05) is 18.2 Å². The van der Waals surface area contributed by atoms with Crippen LogP contribution in [0.4, 0.5) is 13.2 Å². The van der Waals surface area contributed by atoms with Gasteiger partial charge in [-0.05, 0) is 45.0 Å². The van der Waals surface area contributed by atoms with E-state index in [9.17, 15) is 18.0 Å². The average molecular weight is 286 g/mol. The SMILES string of the molecule is CC(CNC(=O)c1cc(F)c(F)c(F)c1)N1CCCC1. The summed E-state index contributed by atoms with van der Waals surface area (Å²) >= 11 is 0. The molecule has 0 aromatic heterocycles.